The third kappa shape index (κ3) is 1.12. The fourth-order valence-electron chi connectivity index (χ4n) is 1.09. The van der Waals surface area contributed by atoms with Gasteiger partial charge in [0.15, 0.2) is 5.15 Å². The van der Waals surface area contributed by atoms with Crippen LogP contribution in [0, 0.1) is 6.92 Å². The van der Waals surface area contributed by atoms with Crippen molar-refractivity contribution in [3.63, 3.8) is 0 Å². The number of hydrogen-bond donors (Lipinski definition) is 0. The standard InChI is InChI=1S/C7H6ClN3O2/c1-3-4-5(13-11-3)6(8)9-10-7(4)12-2/h1-2H3. The molecule has 2 rings (SSSR count). The predicted octanol–water partition coefficient (Wildman–Crippen LogP) is 1.59. The summed E-state index contributed by atoms with van der Waals surface area (Å²) in [7, 11) is 1.50. The average molecular weight is 200 g/mol. The van der Waals surface area contributed by atoms with E-state index in [4.69, 9.17) is 20.9 Å². The summed E-state index contributed by atoms with van der Waals surface area (Å²) in [6.07, 6.45) is 0. The van der Waals surface area contributed by atoms with Crippen LogP contribution in [0.5, 0.6) is 5.88 Å². The van der Waals surface area contributed by atoms with Crippen LogP contribution in [-0.2, 0) is 0 Å². The highest BCUT2D eigenvalue weighted by molar-refractivity contribution is 6.33. The van der Waals surface area contributed by atoms with Crippen LogP contribution in [0.2, 0.25) is 5.15 Å². The maximum atomic E-state index is 5.74. The van der Waals surface area contributed by atoms with Gasteiger partial charge in [0.2, 0.25) is 11.5 Å². The molecule has 0 radical (unpaired) electrons. The zero-order valence-corrected chi connectivity index (χ0v) is 7.79. The molecule has 0 unspecified atom stereocenters. The first-order valence-electron chi connectivity index (χ1n) is 3.56. The van der Waals surface area contributed by atoms with Crippen molar-refractivity contribution in [1.82, 2.24) is 15.4 Å². The minimum Gasteiger partial charge on any atom is -0.479 e. The summed E-state index contributed by atoms with van der Waals surface area (Å²) in [4.78, 5) is 0. The molecule has 0 N–H and O–H groups in total. The van der Waals surface area contributed by atoms with Gasteiger partial charge >= 0.3 is 0 Å². The molecular weight excluding hydrogens is 194 g/mol. The Kier molecular flexibility index (Phi) is 1.81. The predicted molar refractivity (Wildman–Crippen MR) is 45.9 cm³/mol. The van der Waals surface area contributed by atoms with Crippen molar-refractivity contribution in [2.75, 3.05) is 7.11 Å². The number of aromatic nitrogens is 3. The molecule has 0 saturated carbocycles. The summed E-state index contributed by atoms with van der Waals surface area (Å²) >= 11 is 5.74. The van der Waals surface area contributed by atoms with Gasteiger partial charge in [0.1, 0.15) is 5.39 Å². The lowest BCUT2D eigenvalue weighted by Gasteiger charge is -1.97. The Balaban J connectivity index is 2.88. The minimum absolute atomic E-state index is 0.191. The van der Waals surface area contributed by atoms with E-state index < -0.39 is 0 Å². The first-order valence-corrected chi connectivity index (χ1v) is 3.94. The van der Waals surface area contributed by atoms with Gasteiger partial charge in [-0.05, 0) is 6.92 Å². The molecule has 0 atom stereocenters. The van der Waals surface area contributed by atoms with Gasteiger partial charge in [-0.2, -0.15) is 0 Å². The SMILES string of the molecule is COc1nnc(Cl)c2onc(C)c12. The van der Waals surface area contributed by atoms with Crippen LogP contribution in [0.15, 0.2) is 4.52 Å². The van der Waals surface area contributed by atoms with Gasteiger partial charge < -0.3 is 9.26 Å². The van der Waals surface area contributed by atoms with E-state index >= 15 is 0 Å². The summed E-state index contributed by atoms with van der Waals surface area (Å²) in [5.74, 6) is 0.373. The van der Waals surface area contributed by atoms with Gasteiger partial charge in [0.25, 0.3) is 0 Å². The summed E-state index contributed by atoms with van der Waals surface area (Å²) in [6, 6.07) is 0. The summed E-state index contributed by atoms with van der Waals surface area (Å²) < 4.78 is 9.95. The van der Waals surface area contributed by atoms with E-state index in [2.05, 4.69) is 15.4 Å². The monoisotopic (exact) mass is 199 g/mol. The van der Waals surface area contributed by atoms with Crippen molar-refractivity contribution in [3.8, 4) is 5.88 Å². The maximum Gasteiger partial charge on any atom is 0.246 e. The molecule has 13 heavy (non-hydrogen) atoms. The second kappa shape index (κ2) is 2.85. The number of fused-ring (bicyclic) bond motifs is 1. The second-order valence-electron chi connectivity index (χ2n) is 2.47. The van der Waals surface area contributed by atoms with Crippen molar-refractivity contribution in [3.05, 3.63) is 10.8 Å². The molecule has 2 aromatic heterocycles. The molecule has 0 aliphatic rings. The quantitative estimate of drug-likeness (QED) is 0.698. The zero-order chi connectivity index (χ0) is 9.42. The average Bonchev–Trinajstić information content (AvgIpc) is 2.51. The van der Waals surface area contributed by atoms with Gasteiger partial charge in [0, 0.05) is 0 Å². The summed E-state index contributed by atoms with van der Waals surface area (Å²) in [5.41, 5.74) is 1.09. The summed E-state index contributed by atoms with van der Waals surface area (Å²) in [5, 5.41) is 12.0. The van der Waals surface area contributed by atoms with Crippen LogP contribution in [0.4, 0.5) is 0 Å². The van der Waals surface area contributed by atoms with Crippen molar-refractivity contribution in [2.45, 2.75) is 6.92 Å². The lowest BCUT2D eigenvalue weighted by Crippen LogP contribution is -1.92. The van der Waals surface area contributed by atoms with Crippen LogP contribution in [-0.4, -0.2) is 22.5 Å². The van der Waals surface area contributed by atoms with Gasteiger partial charge in [-0.1, -0.05) is 16.8 Å². The number of nitrogens with zero attached hydrogens (tertiary/aromatic N) is 3. The molecule has 0 aliphatic heterocycles. The Morgan fingerprint density at radius 2 is 2.15 bits per heavy atom. The third-order valence-electron chi connectivity index (χ3n) is 1.69. The number of ether oxygens (including phenoxy) is 1. The van der Waals surface area contributed by atoms with Gasteiger partial charge in [-0.15, -0.1) is 10.2 Å². The number of halogens is 1. The van der Waals surface area contributed by atoms with Crippen molar-refractivity contribution >= 4 is 22.6 Å². The molecule has 0 fully saturated rings. The molecule has 0 saturated heterocycles. The Morgan fingerprint density at radius 1 is 1.38 bits per heavy atom. The van der Waals surface area contributed by atoms with Crippen LogP contribution < -0.4 is 4.74 Å². The fourth-order valence-corrected chi connectivity index (χ4v) is 1.26. The van der Waals surface area contributed by atoms with Crippen LogP contribution in [0.3, 0.4) is 0 Å². The molecule has 5 nitrogen and oxygen atoms in total. The lowest BCUT2D eigenvalue weighted by molar-refractivity contribution is 0.397. The van der Waals surface area contributed by atoms with Gasteiger partial charge in [-0.25, -0.2) is 0 Å². The number of methoxy groups -OCH3 is 1. The topological polar surface area (TPSA) is 61.0 Å². The first kappa shape index (κ1) is 8.25. The Morgan fingerprint density at radius 3 is 2.85 bits per heavy atom. The van der Waals surface area contributed by atoms with Crippen molar-refractivity contribution in [1.29, 1.82) is 0 Å². The molecule has 0 spiro atoms. The molecule has 2 aromatic rings. The Bertz CT molecular complexity index is 454. The molecule has 0 aliphatic carbocycles. The van der Waals surface area contributed by atoms with E-state index in [0.717, 1.165) is 0 Å². The minimum atomic E-state index is 0.191. The third-order valence-corrected chi connectivity index (χ3v) is 1.93. The molecule has 6 heteroatoms. The highest BCUT2D eigenvalue weighted by Crippen LogP contribution is 2.29. The molecule has 0 amide bonds. The Labute approximate surface area is 78.6 Å². The molecule has 68 valence electrons. The zero-order valence-electron chi connectivity index (χ0n) is 7.04. The van der Waals surface area contributed by atoms with E-state index in [-0.39, 0.29) is 5.15 Å². The highest BCUT2D eigenvalue weighted by atomic mass is 35.5. The largest absolute Gasteiger partial charge is 0.479 e. The normalized spacial score (nSPS) is 10.7. The van der Waals surface area contributed by atoms with E-state index in [9.17, 15) is 0 Å². The fraction of sp³-hybridized carbons (Fsp3) is 0.286. The van der Waals surface area contributed by atoms with Crippen molar-refractivity contribution < 1.29 is 9.26 Å². The highest BCUT2D eigenvalue weighted by Gasteiger charge is 2.15. The van der Waals surface area contributed by atoms with Gasteiger partial charge in [0.05, 0.1) is 12.8 Å². The van der Waals surface area contributed by atoms with Crippen LogP contribution in [0.25, 0.3) is 11.0 Å². The van der Waals surface area contributed by atoms with Gasteiger partial charge in [-0.3, -0.25) is 0 Å². The number of aryl methyl sites for hydroxylation is 1. The molecule has 0 aromatic carbocycles. The summed E-state index contributed by atoms with van der Waals surface area (Å²) in [6.45, 7) is 1.78. The number of rotatable bonds is 1. The van der Waals surface area contributed by atoms with E-state index in [1.807, 2.05) is 0 Å². The molecule has 2 heterocycles. The van der Waals surface area contributed by atoms with E-state index in [1.54, 1.807) is 6.92 Å². The van der Waals surface area contributed by atoms with Crippen LogP contribution >= 0.6 is 11.6 Å². The lowest BCUT2D eigenvalue weighted by atomic mass is 10.3. The smallest absolute Gasteiger partial charge is 0.246 e. The van der Waals surface area contributed by atoms with Crippen LogP contribution in [0.1, 0.15) is 5.69 Å². The Hall–Kier alpha value is -1.36. The second-order valence-corrected chi connectivity index (χ2v) is 2.83. The first-order chi connectivity index (χ1) is 6.24. The molecular formula is C7H6ClN3O2. The maximum absolute atomic E-state index is 5.74. The van der Waals surface area contributed by atoms with Crippen molar-refractivity contribution in [2.24, 2.45) is 0 Å². The van der Waals surface area contributed by atoms with E-state index in [1.165, 1.54) is 7.11 Å². The van der Waals surface area contributed by atoms with E-state index in [0.29, 0.717) is 22.5 Å². The molecule has 0 bridgehead atoms. The number of hydrogen-bond acceptors (Lipinski definition) is 5.